The number of ether oxygens (including phenoxy) is 1. The van der Waals surface area contributed by atoms with Crippen molar-refractivity contribution in [3.05, 3.63) is 15.8 Å². The Morgan fingerprint density at radius 1 is 1.38 bits per heavy atom. The number of aryl methyl sites for hydroxylation is 1. The van der Waals surface area contributed by atoms with Gasteiger partial charge in [0.25, 0.3) is 0 Å². The Balaban J connectivity index is 1.84. The second-order valence-electron chi connectivity index (χ2n) is 5.70. The third kappa shape index (κ3) is 3.48. The van der Waals surface area contributed by atoms with Crippen LogP contribution in [0.25, 0.3) is 0 Å². The minimum Gasteiger partial charge on any atom is -0.380 e. The summed E-state index contributed by atoms with van der Waals surface area (Å²) in [5.41, 5.74) is 0.859. The van der Waals surface area contributed by atoms with Crippen molar-refractivity contribution >= 4 is 21.4 Å². The van der Waals surface area contributed by atoms with Crippen molar-refractivity contribution in [2.75, 3.05) is 26.3 Å². The summed E-state index contributed by atoms with van der Waals surface area (Å²) < 4.78 is 32.9. The molecule has 1 saturated heterocycles. The highest BCUT2D eigenvalue weighted by atomic mass is 32.2. The first-order valence-electron chi connectivity index (χ1n) is 7.47. The Morgan fingerprint density at radius 3 is 2.95 bits per heavy atom. The van der Waals surface area contributed by atoms with E-state index in [0.29, 0.717) is 43.8 Å². The smallest absolute Gasteiger partial charge is 0.244 e. The average molecular weight is 330 g/mol. The molecule has 1 N–H and O–H groups in total. The summed E-state index contributed by atoms with van der Waals surface area (Å²) >= 11 is 1.54. The van der Waals surface area contributed by atoms with Crippen molar-refractivity contribution in [1.29, 1.82) is 0 Å². The van der Waals surface area contributed by atoms with Crippen LogP contribution in [0.3, 0.4) is 0 Å². The van der Waals surface area contributed by atoms with Crippen LogP contribution in [0.1, 0.15) is 29.7 Å². The van der Waals surface area contributed by atoms with Crippen LogP contribution in [0.2, 0.25) is 0 Å². The van der Waals surface area contributed by atoms with E-state index in [1.807, 2.05) is 12.3 Å². The number of sulfonamides is 1. The predicted molar refractivity (Wildman–Crippen MR) is 83.1 cm³/mol. The van der Waals surface area contributed by atoms with E-state index in [1.165, 1.54) is 12.8 Å². The summed E-state index contributed by atoms with van der Waals surface area (Å²) in [6.45, 7) is 4.67. The lowest BCUT2D eigenvalue weighted by Gasteiger charge is -2.20. The maximum atomic E-state index is 13.0. The minimum atomic E-state index is -3.41. The van der Waals surface area contributed by atoms with Crippen LogP contribution in [0.15, 0.2) is 10.3 Å². The van der Waals surface area contributed by atoms with Gasteiger partial charge in [-0.05, 0) is 37.1 Å². The molecule has 2 heterocycles. The summed E-state index contributed by atoms with van der Waals surface area (Å²) in [6, 6.07) is 0.578. The van der Waals surface area contributed by atoms with Crippen molar-refractivity contribution in [2.45, 2.75) is 43.7 Å². The van der Waals surface area contributed by atoms with E-state index in [-0.39, 0.29) is 0 Å². The van der Waals surface area contributed by atoms with Crippen LogP contribution < -0.4 is 5.32 Å². The van der Waals surface area contributed by atoms with Gasteiger partial charge in [-0.2, -0.15) is 4.31 Å². The normalized spacial score (nSPS) is 21.4. The monoisotopic (exact) mass is 330 g/mol. The third-order valence-electron chi connectivity index (χ3n) is 3.90. The molecule has 0 atom stereocenters. The fourth-order valence-corrected chi connectivity index (χ4v) is 5.75. The van der Waals surface area contributed by atoms with Crippen LogP contribution in [-0.2, 0) is 21.3 Å². The molecule has 7 heteroatoms. The second-order valence-corrected chi connectivity index (χ2v) is 8.54. The van der Waals surface area contributed by atoms with E-state index in [1.54, 1.807) is 15.6 Å². The Kier molecular flexibility index (Phi) is 4.66. The van der Waals surface area contributed by atoms with Gasteiger partial charge in [-0.1, -0.05) is 0 Å². The average Bonchev–Trinajstić information content (AvgIpc) is 3.23. The molecule has 0 amide bonds. The molecule has 0 spiro atoms. The molecule has 2 fully saturated rings. The zero-order valence-corrected chi connectivity index (χ0v) is 13.9. The summed E-state index contributed by atoms with van der Waals surface area (Å²) in [5, 5.41) is 5.37. The van der Waals surface area contributed by atoms with E-state index in [2.05, 4.69) is 5.32 Å². The number of thiophene rings is 1. The Hall–Kier alpha value is -0.470. The lowest BCUT2D eigenvalue weighted by Crippen LogP contribution is -2.34. The number of hydrogen-bond acceptors (Lipinski definition) is 5. The lowest BCUT2D eigenvalue weighted by molar-refractivity contribution is 0.148. The molecule has 0 unspecified atom stereocenters. The lowest BCUT2D eigenvalue weighted by atomic mass is 10.3. The van der Waals surface area contributed by atoms with E-state index in [4.69, 9.17) is 4.74 Å². The molecule has 0 aromatic carbocycles. The zero-order valence-electron chi connectivity index (χ0n) is 12.3. The topological polar surface area (TPSA) is 58.6 Å². The quantitative estimate of drug-likeness (QED) is 0.893. The molecular weight excluding hydrogens is 308 g/mol. The minimum absolute atomic E-state index is 0.452. The molecule has 0 bridgehead atoms. The molecule has 1 aromatic rings. The van der Waals surface area contributed by atoms with Crippen molar-refractivity contribution in [3.63, 3.8) is 0 Å². The maximum absolute atomic E-state index is 13.0. The SMILES string of the molecule is Cc1csc(CNC2CC2)c1S(=O)(=O)N1CCCOCC1. The van der Waals surface area contributed by atoms with Crippen molar-refractivity contribution in [2.24, 2.45) is 0 Å². The van der Waals surface area contributed by atoms with E-state index in [0.717, 1.165) is 16.9 Å². The fraction of sp³-hybridized carbons (Fsp3) is 0.714. The molecule has 3 rings (SSSR count). The molecule has 2 aliphatic rings. The molecule has 5 nitrogen and oxygen atoms in total. The molecular formula is C14H22N2O3S2. The molecule has 1 aromatic heterocycles. The van der Waals surface area contributed by atoms with Crippen LogP contribution >= 0.6 is 11.3 Å². The van der Waals surface area contributed by atoms with Gasteiger partial charge in [0.15, 0.2) is 0 Å². The Morgan fingerprint density at radius 2 is 2.19 bits per heavy atom. The highest BCUT2D eigenvalue weighted by Crippen LogP contribution is 2.31. The molecule has 1 saturated carbocycles. The van der Waals surface area contributed by atoms with Crippen molar-refractivity contribution in [1.82, 2.24) is 9.62 Å². The highest BCUT2D eigenvalue weighted by molar-refractivity contribution is 7.89. The number of nitrogens with zero attached hydrogens (tertiary/aromatic N) is 1. The number of hydrogen-bond donors (Lipinski definition) is 1. The fourth-order valence-electron chi connectivity index (χ4n) is 2.57. The van der Waals surface area contributed by atoms with E-state index < -0.39 is 10.0 Å². The third-order valence-corrected chi connectivity index (χ3v) is 7.26. The highest BCUT2D eigenvalue weighted by Gasteiger charge is 2.31. The van der Waals surface area contributed by atoms with Crippen LogP contribution in [0.4, 0.5) is 0 Å². The Labute approximate surface area is 130 Å². The first-order valence-corrected chi connectivity index (χ1v) is 9.79. The predicted octanol–water partition coefficient (Wildman–Crippen LogP) is 1.72. The second kappa shape index (κ2) is 6.34. The van der Waals surface area contributed by atoms with E-state index in [9.17, 15) is 8.42 Å². The van der Waals surface area contributed by atoms with Gasteiger partial charge in [0.1, 0.15) is 4.90 Å². The number of nitrogens with one attached hydrogen (secondary N) is 1. The Bertz CT molecular complexity index is 585. The van der Waals surface area contributed by atoms with Crippen LogP contribution in [0.5, 0.6) is 0 Å². The van der Waals surface area contributed by atoms with Gasteiger partial charge in [-0.25, -0.2) is 8.42 Å². The first kappa shape index (κ1) is 15.4. The summed E-state index contributed by atoms with van der Waals surface area (Å²) in [6.07, 6.45) is 3.17. The standard InChI is InChI=1S/C14H22N2O3S2/c1-11-10-20-13(9-15-12-3-4-12)14(11)21(17,18)16-5-2-7-19-8-6-16/h10,12,15H,2-9H2,1H3. The van der Waals surface area contributed by atoms with Crippen molar-refractivity contribution < 1.29 is 13.2 Å². The van der Waals surface area contributed by atoms with E-state index >= 15 is 0 Å². The summed E-state index contributed by atoms with van der Waals surface area (Å²) in [4.78, 5) is 1.45. The maximum Gasteiger partial charge on any atom is 0.244 e. The van der Waals surface area contributed by atoms with Crippen molar-refractivity contribution in [3.8, 4) is 0 Å². The van der Waals surface area contributed by atoms with Gasteiger partial charge in [0.2, 0.25) is 10.0 Å². The van der Waals surface area contributed by atoms with Gasteiger partial charge in [0, 0.05) is 37.2 Å². The molecule has 1 aliphatic carbocycles. The summed E-state index contributed by atoms with van der Waals surface area (Å²) in [5.74, 6) is 0. The van der Waals surface area contributed by atoms with Gasteiger partial charge in [-0.15, -0.1) is 11.3 Å². The van der Waals surface area contributed by atoms with Gasteiger partial charge in [-0.3, -0.25) is 0 Å². The zero-order chi connectivity index (χ0) is 14.9. The molecule has 21 heavy (non-hydrogen) atoms. The summed E-state index contributed by atoms with van der Waals surface area (Å²) in [7, 11) is -3.41. The van der Waals surface area contributed by atoms with Gasteiger partial charge >= 0.3 is 0 Å². The largest absolute Gasteiger partial charge is 0.380 e. The molecule has 1 aliphatic heterocycles. The number of rotatable bonds is 5. The van der Waals surface area contributed by atoms with Crippen LogP contribution in [-0.4, -0.2) is 45.1 Å². The molecule has 0 radical (unpaired) electrons. The molecule has 118 valence electrons. The van der Waals surface area contributed by atoms with Gasteiger partial charge < -0.3 is 10.1 Å². The van der Waals surface area contributed by atoms with Gasteiger partial charge in [0.05, 0.1) is 6.61 Å². The van der Waals surface area contributed by atoms with Crippen LogP contribution in [0, 0.1) is 6.92 Å². The first-order chi connectivity index (χ1) is 10.1.